The fourth-order valence-electron chi connectivity index (χ4n) is 1.37. The summed E-state index contributed by atoms with van der Waals surface area (Å²) in [4.78, 5) is 4.26. The number of ether oxygens (including phenoxy) is 1. The number of nitrogens with zero attached hydrogens (tertiary/aromatic N) is 2. The first-order chi connectivity index (χ1) is 5.86. The van der Waals surface area contributed by atoms with Crippen molar-refractivity contribution in [1.82, 2.24) is 14.9 Å². The SMILES string of the molecule is Cn1cnc(C2COCCN2)c1. The van der Waals surface area contributed by atoms with E-state index in [1.54, 1.807) is 0 Å². The van der Waals surface area contributed by atoms with Crippen LogP contribution in [0.15, 0.2) is 12.5 Å². The Hall–Kier alpha value is -0.870. The van der Waals surface area contributed by atoms with E-state index in [-0.39, 0.29) is 6.04 Å². The number of hydrogen-bond donors (Lipinski definition) is 1. The molecule has 2 heterocycles. The van der Waals surface area contributed by atoms with Gasteiger partial charge < -0.3 is 14.6 Å². The molecule has 0 saturated carbocycles. The minimum absolute atomic E-state index is 0.278. The van der Waals surface area contributed by atoms with Crippen molar-refractivity contribution in [1.29, 1.82) is 0 Å². The molecule has 1 saturated heterocycles. The molecule has 1 unspecified atom stereocenters. The number of aromatic nitrogens is 2. The van der Waals surface area contributed by atoms with Crippen LogP contribution >= 0.6 is 0 Å². The lowest BCUT2D eigenvalue weighted by Crippen LogP contribution is -2.34. The van der Waals surface area contributed by atoms with Gasteiger partial charge in [-0.05, 0) is 0 Å². The van der Waals surface area contributed by atoms with E-state index < -0.39 is 0 Å². The van der Waals surface area contributed by atoms with Gasteiger partial charge in [-0.3, -0.25) is 0 Å². The Morgan fingerprint density at radius 1 is 1.75 bits per heavy atom. The molecule has 1 aromatic rings. The minimum Gasteiger partial charge on any atom is -0.378 e. The van der Waals surface area contributed by atoms with Gasteiger partial charge in [0.15, 0.2) is 0 Å². The number of morpholine rings is 1. The Kier molecular flexibility index (Phi) is 2.10. The molecule has 66 valence electrons. The van der Waals surface area contributed by atoms with Crippen molar-refractivity contribution in [3.05, 3.63) is 18.2 Å². The third-order valence-corrected chi connectivity index (χ3v) is 2.00. The third-order valence-electron chi connectivity index (χ3n) is 2.00. The van der Waals surface area contributed by atoms with Crippen molar-refractivity contribution < 1.29 is 4.74 Å². The second-order valence-corrected chi connectivity index (χ2v) is 3.05. The number of aryl methyl sites for hydroxylation is 1. The van der Waals surface area contributed by atoms with Crippen LogP contribution in [-0.4, -0.2) is 29.3 Å². The average Bonchev–Trinajstić information content (AvgIpc) is 2.54. The van der Waals surface area contributed by atoms with E-state index in [9.17, 15) is 0 Å². The summed E-state index contributed by atoms with van der Waals surface area (Å²) in [5.41, 5.74) is 1.07. The van der Waals surface area contributed by atoms with Gasteiger partial charge in [-0.25, -0.2) is 4.98 Å². The van der Waals surface area contributed by atoms with E-state index in [1.165, 1.54) is 0 Å². The first kappa shape index (κ1) is 7.76. The predicted octanol–water partition coefficient (Wildman–Crippen LogP) is 0.0810. The van der Waals surface area contributed by atoms with Gasteiger partial charge in [0.1, 0.15) is 0 Å². The average molecular weight is 167 g/mol. The lowest BCUT2D eigenvalue weighted by atomic mass is 10.2. The van der Waals surface area contributed by atoms with Crippen LogP contribution in [0.2, 0.25) is 0 Å². The van der Waals surface area contributed by atoms with Crippen molar-refractivity contribution in [2.45, 2.75) is 6.04 Å². The van der Waals surface area contributed by atoms with E-state index in [0.717, 1.165) is 25.5 Å². The molecule has 0 aromatic carbocycles. The summed E-state index contributed by atoms with van der Waals surface area (Å²) in [7, 11) is 1.97. The molecule has 1 atom stereocenters. The Bertz CT molecular complexity index is 253. The van der Waals surface area contributed by atoms with Gasteiger partial charge in [0.25, 0.3) is 0 Å². The molecule has 12 heavy (non-hydrogen) atoms. The number of imidazole rings is 1. The van der Waals surface area contributed by atoms with Crippen molar-refractivity contribution in [3.8, 4) is 0 Å². The third kappa shape index (κ3) is 1.49. The Morgan fingerprint density at radius 2 is 2.67 bits per heavy atom. The van der Waals surface area contributed by atoms with Gasteiger partial charge in [0.05, 0.1) is 31.3 Å². The van der Waals surface area contributed by atoms with E-state index in [2.05, 4.69) is 10.3 Å². The summed E-state index contributed by atoms with van der Waals surface area (Å²) in [5.74, 6) is 0. The van der Waals surface area contributed by atoms with Gasteiger partial charge in [-0.1, -0.05) is 0 Å². The molecule has 0 aliphatic carbocycles. The van der Waals surface area contributed by atoms with E-state index in [0.29, 0.717) is 0 Å². The maximum atomic E-state index is 5.33. The largest absolute Gasteiger partial charge is 0.378 e. The van der Waals surface area contributed by atoms with Crippen LogP contribution in [0.4, 0.5) is 0 Å². The standard InChI is InChI=1S/C8H13N3O/c1-11-4-7(10-6-11)8-5-12-3-2-9-8/h4,6,8-9H,2-3,5H2,1H3. The fraction of sp³-hybridized carbons (Fsp3) is 0.625. The van der Waals surface area contributed by atoms with Gasteiger partial charge >= 0.3 is 0 Å². The van der Waals surface area contributed by atoms with Crippen molar-refractivity contribution >= 4 is 0 Å². The van der Waals surface area contributed by atoms with Gasteiger partial charge in [0.2, 0.25) is 0 Å². The second-order valence-electron chi connectivity index (χ2n) is 3.05. The lowest BCUT2D eigenvalue weighted by molar-refractivity contribution is 0.0757. The highest BCUT2D eigenvalue weighted by atomic mass is 16.5. The second kappa shape index (κ2) is 3.25. The van der Waals surface area contributed by atoms with Gasteiger partial charge in [0, 0.05) is 19.8 Å². The quantitative estimate of drug-likeness (QED) is 0.644. The van der Waals surface area contributed by atoms with E-state index >= 15 is 0 Å². The maximum Gasteiger partial charge on any atom is 0.0947 e. The molecule has 1 fully saturated rings. The van der Waals surface area contributed by atoms with Crippen LogP contribution in [-0.2, 0) is 11.8 Å². The highest BCUT2D eigenvalue weighted by Gasteiger charge is 2.16. The highest BCUT2D eigenvalue weighted by Crippen LogP contribution is 2.12. The van der Waals surface area contributed by atoms with Crippen LogP contribution in [0.3, 0.4) is 0 Å². The fourth-order valence-corrected chi connectivity index (χ4v) is 1.37. The summed E-state index contributed by atoms with van der Waals surface area (Å²) < 4.78 is 7.28. The molecule has 2 rings (SSSR count). The van der Waals surface area contributed by atoms with E-state index in [4.69, 9.17) is 4.74 Å². The Morgan fingerprint density at radius 3 is 3.25 bits per heavy atom. The molecular weight excluding hydrogens is 154 g/mol. The summed E-state index contributed by atoms with van der Waals surface area (Å²) in [6.45, 7) is 2.46. The minimum atomic E-state index is 0.278. The van der Waals surface area contributed by atoms with Crippen molar-refractivity contribution in [2.24, 2.45) is 7.05 Å². The molecular formula is C8H13N3O. The monoisotopic (exact) mass is 167 g/mol. The van der Waals surface area contributed by atoms with Crippen LogP contribution < -0.4 is 5.32 Å². The molecule has 1 N–H and O–H groups in total. The molecule has 0 spiro atoms. The lowest BCUT2D eigenvalue weighted by Gasteiger charge is -2.21. The number of nitrogens with one attached hydrogen (secondary N) is 1. The zero-order valence-corrected chi connectivity index (χ0v) is 7.16. The first-order valence-electron chi connectivity index (χ1n) is 4.15. The molecule has 0 radical (unpaired) electrons. The smallest absolute Gasteiger partial charge is 0.0947 e. The van der Waals surface area contributed by atoms with Gasteiger partial charge in [-0.2, -0.15) is 0 Å². The Labute approximate surface area is 71.6 Å². The predicted molar refractivity (Wildman–Crippen MR) is 44.8 cm³/mol. The van der Waals surface area contributed by atoms with Crippen molar-refractivity contribution in [2.75, 3.05) is 19.8 Å². The molecule has 1 aromatic heterocycles. The molecule has 4 heteroatoms. The van der Waals surface area contributed by atoms with Crippen LogP contribution in [0.5, 0.6) is 0 Å². The summed E-state index contributed by atoms with van der Waals surface area (Å²) in [5, 5.41) is 3.35. The molecule has 1 aliphatic rings. The summed E-state index contributed by atoms with van der Waals surface area (Å²) >= 11 is 0. The Balaban J connectivity index is 2.08. The maximum absolute atomic E-state index is 5.33. The number of hydrogen-bond acceptors (Lipinski definition) is 3. The topological polar surface area (TPSA) is 39.1 Å². The zero-order valence-electron chi connectivity index (χ0n) is 7.16. The molecule has 1 aliphatic heterocycles. The zero-order chi connectivity index (χ0) is 8.39. The molecule has 4 nitrogen and oxygen atoms in total. The molecule has 0 amide bonds. The van der Waals surface area contributed by atoms with E-state index in [1.807, 2.05) is 24.1 Å². The van der Waals surface area contributed by atoms with Crippen molar-refractivity contribution in [3.63, 3.8) is 0 Å². The van der Waals surface area contributed by atoms with Crippen LogP contribution in [0.25, 0.3) is 0 Å². The summed E-state index contributed by atoms with van der Waals surface area (Å²) in [6.07, 6.45) is 3.83. The summed E-state index contributed by atoms with van der Waals surface area (Å²) in [6, 6.07) is 0.278. The van der Waals surface area contributed by atoms with Gasteiger partial charge in [-0.15, -0.1) is 0 Å². The first-order valence-corrected chi connectivity index (χ1v) is 4.15. The van der Waals surface area contributed by atoms with Crippen LogP contribution in [0.1, 0.15) is 11.7 Å². The number of rotatable bonds is 1. The van der Waals surface area contributed by atoms with Crippen LogP contribution in [0, 0.1) is 0 Å². The molecule has 0 bridgehead atoms. The normalized spacial score (nSPS) is 24.2. The highest BCUT2D eigenvalue weighted by molar-refractivity contribution is 5.04.